The second-order valence-corrected chi connectivity index (χ2v) is 6.35. The number of nitrogens with zero attached hydrogens (tertiary/aromatic N) is 2. The molecule has 2 aromatic carbocycles. The smallest absolute Gasteiger partial charge is 0.220 e. The molecule has 0 saturated carbocycles. The molecule has 1 N–H and O–H groups in total. The highest BCUT2D eigenvalue weighted by atomic mass is 16.1. The molecule has 1 unspecified atom stereocenters. The third-order valence-corrected chi connectivity index (χ3v) is 4.27. The molecule has 1 aromatic heterocycles. The van der Waals surface area contributed by atoms with Crippen LogP contribution in [0.1, 0.15) is 36.0 Å². The molecular formula is C21H23N3O. The van der Waals surface area contributed by atoms with E-state index in [2.05, 4.69) is 41.5 Å². The van der Waals surface area contributed by atoms with Crippen LogP contribution < -0.4 is 5.32 Å². The van der Waals surface area contributed by atoms with Crippen molar-refractivity contribution in [2.75, 3.05) is 0 Å². The van der Waals surface area contributed by atoms with Crippen molar-refractivity contribution in [2.45, 2.75) is 32.4 Å². The van der Waals surface area contributed by atoms with E-state index in [0.717, 1.165) is 12.1 Å². The van der Waals surface area contributed by atoms with Crippen LogP contribution in [0, 0.1) is 0 Å². The molecule has 1 atom stereocenters. The zero-order valence-corrected chi connectivity index (χ0v) is 14.4. The maximum absolute atomic E-state index is 12.2. The normalized spacial score (nSPS) is 11.9. The van der Waals surface area contributed by atoms with Crippen molar-refractivity contribution < 1.29 is 4.79 Å². The Morgan fingerprint density at radius 2 is 1.92 bits per heavy atom. The van der Waals surface area contributed by atoms with Crippen LogP contribution in [-0.4, -0.2) is 15.5 Å². The number of carbonyl (C=O) groups is 1. The van der Waals surface area contributed by atoms with Gasteiger partial charge in [-0.2, -0.15) is 0 Å². The van der Waals surface area contributed by atoms with Crippen LogP contribution in [0.25, 0.3) is 0 Å². The second-order valence-electron chi connectivity index (χ2n) is 6.35. The summed E-state index contributed by atoms with van der Waals surface area (Å²) < 4.78 is 2.03. The summed E-state index contributed by atoms with van der Waals surface area (Å²) in [5, 5.41) is 3.03. The quantitative estimate of drug-likeness (QED) is 0.716. The van der Waals surface area contributed by atoms with Crippen LogP contribution in [0.3, 0.4) is 0 Å². The van der Waals surface area contributed by atoms with Gasteiger partial charge in [0.2, 0.25) is 5.91 Å². The van der Waals surface area contributed by atoms with E-state index in [4.69, 9.17) is 0 Å². The zero-order valence-electron chi connectivity index (χ0n) is 14.4. The molecular weight excluding hydrogens is 310 g/mol. The summed E-state index contributed by atoms with van der Waals surface area (Å²) in [6.07, 6.45) is 6.02. The molecule has 25 heavy (non-hydrogen) atoms. The molecule has 128 valence electrons. The first-order valence-corrected chi connectivity index (χ1v) is 8.56. The predicted molar refractivity (Wildman–Crippen MR) is 99.1 cm³/mol. The van der Waals surface area contributed by atoms with Gasteiger partial charge in [-0.05, 0) is 22.6 Å². The van der Waals surface area contributed by atoms with E-state index < -0.39 is 0 Å². The lowest BCUT2D eigenvalue weighted by Crippen LogP contribution is -2.24. The molecule has 1 amide bonds. The number of benzene rings is 2. The van der Waals surface area contributed by atoms with Crippen LogP contribution in [-0.2, 0) is 17.9 Å². The van der Waals surface area contributed by atoms with Crippen molar-refractivity contribution >= 4 is 5.91 Å². The van der Waals surface area contributed by atoms with E-state index in [1.54, 1.807) is 12.5 Å². The average Bonchev–Trinajstić information content (AvgIpc) is 3.14. The van der Waals surface area contributed by atoms with Crippen molar-refractivity contribution in [3.8, 4) is 0 Å². The fraction of sp³-hybridized carbons (Fsp3) is 0.238. The standard InChI is InChI=1S/C21H23N3O/c1-17(20-8-3-2-4-9-20)12-21(25)23-14-18-6-5-7-19(13-18)15-24-11-10-22-16-24/h2-11,13,16-17H,12,14-15H2,1H3,(H,23,25). The summed E-state index contributed by atoms with van der Waals surface area (Å²) in [7, 11) is 0. The summed E-state index contributed by atoms with van der Waals surface area (Å²) in [4.78, 5) is 16.3. The molecule has 0 saturated heterocycles. The Morgan fingerprint density at radius 3 is 2.68 bits per heavy atom. The third-order valence-electron chi connectivity index (χ3n) is 4.27. The van der Waals surface area contributed by atoms with Gasteiger partial charge in [0.15, 0.2) is 0 Å². The summed E-state index contributed by atoms with van der Waals surface area (Å²) in [6.45, 7) is 3.42. The van der Waals surface area contributed by atoms with E-state index in [1.165, 1.54) is 11.1 Å². The maximum Gasteiger partial charge on any atom is 0.220 e. The molecule has 0 spiro atoms. The van der Waals surface area contributed by atoms with Crippen molar-refractivity contribution in [1.82, 2.24) is 14.9 Å². The van der Waals surface area contributed by atoms with Crippen molar-refractivity contribution in [2.24, 2.45) is 0 Å². The van der Waals surface area contributed by atoms with Gasteiger partial charge < -0.3 is 9.88 Å². The lowest BCUT2D eigenvalue weighted by molar-refractivity contribution is -0.121. The van der Waals surface area contributed by atoms with Crippen LogP contribution in [0.15, 0.2) is 73.3 Å². The number of aromatic nitrogens is 2. The van der Waals surface area contributed by atoms with Crippen molar-refractivity contribution in [1.29, 1.82) is 0 Å². The van der Waals surface area contributed by atoms with Gasteiger partial charge in [0.25, 0.3) is 0 Å². The molecule has 0 radical (unpaired) electrons. The number of nitrogens with one attached hydrogen (secondary N) is 1. The van der Waals surface area contributed by atoms with Gasteiger partial charge in [-0.3, -0.25) is 4.79 Å². The average molecular weight is 333 g/mol. The van der Waals surface area contributed by atoms with E-state index in [9.17, 15) is 4.79 Å². The summed E-state index contributed by atoms with van der Waals surface area (Å²) in [5.74, 6) is 0.296. The Morgan fingerprint density at radius 1 is 1.12 bits per heavy atom. The van der Waals surface area contributed by atoms with Gasteiger partial charge in [0.05, 0.1) is 6.33 Å². The van der Waals surface area contributed by atoms with Crippen LogP contribution in [0.2, 0.25) is 0 Å². The molecule has 0 fully saturated rings. The molecule has 0 bridgehead atoms. The van der Waals surface area contributed by atoms with Gasteiger partial charge in [-0.15, -0.1) is 0 Å². The van der Waals surface area contributed by atoms with Crippen molar-refractivity contribution in [3.63, 3.8) is 0 Å². The second kappa shape index (κ2) is 8.29. The van der Waals surface area contributed by atoms with Gasteiger partial charge in [-0.1, -0.05) is 61.5 Å². The maximum atomic E-state index is 12.2. The lowest BCUT2D eigenvalue weighted by atomic mass is 9.97. The highest BCUT2D eigenvalue weighted by Gasteiger charge is 2.10. The Labute approximate surface area is 148 Å². The predicted octanol–water partition coefficient (Wildman–Crippen LogP) is 3.74. The Kier molecular flexibility index (Phi) is 5.62. The van der Waals surface area contributed by atoms with Gasteiger partial charge in [0, 0.05) is 31.9 Å². The molecule has 0 aliphatic rings. The third kappa shape index (κ3) is 5.05. The summed E-state index contributed by atoms with van der Waals surface area (Å²) in [5.41, 5.74) is 3.50. The highest BCUT2D eigenvalue weighted by Crippen LogP contribution is 2.18. The summed E-state index contributed by atoms with van der Waals surface area (Å²) in [6, 6.07) is 18.4. The van der Waals surface area contributed by atoms with Gasteiger partial charge in [-0.25, -0.2) is 4.98 Å². The van der Waals surface area contributed by atoms with Crippen LogP contribution in [0.5, 0.6) is 0 Å². The molecule has 0 aliphatic heterocycles. The SMILES string of the molecule is CC(CC(=O)NCc1cccc(Cn2ccnc2)c1)c1ccccc1. The van der Waals surface area contributed by atoms with E-state index in [0.29, 0.717) is 13.0 Å². The topological polar surface area (TPSA) is 46.9 Å². The molecule has 4 nitrogen and oxygen atoms in total. The first-order chi connectivity index (χ1) is 12.2. The minimum absolute atomic E-state index is 0.0800. The molecule has 1 heterocycles. The molecule has 4 heteroatoms. The zero-order chi connectivity index (χ0) is 17.5. The molecule has 3 rings (SSSR count). The van der Waals surface area contributed by atoms with Gasteiger partial charge >= 0.3 is 0 Å². The monoisotopic (exact) mass is 333 g/mol. The summed E-state index contributed by atoms with van der Waals surface area (Å²) >= 11 is 0. The first kappa shape index (κ1) is 17.0. The number of amides is 1. The molecule has 0 aliphatic carbocycles. The fourth-order valence-electron chi connectivity index (χ4n) is 2.88. The van der Waals surface area contributed by atoms with Crippen molar-refractivity contribution in [3.05, 3.63) is 90.0 Å². The van der Waals surface area contributed by atoms with Crippen LogP contribution >= 0.6 is 0 Å². The molecule has 3 aromatic rings. The number of hydrogen-bond donors (Lipinski definition) is 1. The Hall–Kier alpha value is -2.88. The first-order valence-electron chi connectivity index (χ1n) is 8.56. The minimum Gasteiger partial charge on any atom is -0.352 e. The van der Waals surface area contributed by atoms with E-state index >= 15 is 0 Å². The minimum atomic E-state index is 0.0800. The van der Waals surface area contributed by atoms with Gasteiger partial charge in [0.1, 0.15) is 0 Å². The Balaban J connectivity index is 1.52. The Bertz CT molecular complexity index is 797. The number of imidazole rings is 1. The number of carbonyl (C=O) groups excluding carboxylic acids is 1. The van der Waals surface area contributed by atoms with E-state index in [-0.39, 0.29) is 11.8 Å². The highest BCUT2D eigenvalue weighted by molar-refractivity contribution is 5.76. The van der Waals surface area contributed by atoms with Crippen LogP contribution in [0.4, 0.5) is 0 Å². The lowest BCUT2D eigenvalue weighted by Gasteiger charge is -2.12. The number of hydrogen-bond acceptors (Lipinski definition) is 2. The number of rotatable bonds is 7. The van der Waals surface area contributed by atoms with E-state index in [1.807, 2.05) is 41.1 Å². The fourth-order valence-corrected chi connectivity index (χ4v) is 2.88. The largest absolute Gasteiger partial charge is 0.352 e.